The van der Waals surface area contributed by atoms with Crippen LogP contribution in [0.1, 0.15) is 25.7 Å². The van der Waals surface area contributed by atoms with Crippen molar-refractivity contribution in [3.05, 3.63) is 24.8 Å². The van der Waals surface area contributed by atoms with Gasteiger partial charge < -0.3 is 0 Å². The maximum Gasteiger partial charge on any atom is 0.159 e. The quantitative estimate of drug-likeness (QED) is 0.489. The minimum atomic E-state index is -0.0718. The number of ketones is 2. The lowest BCUT2D eigenvalue weighted by Crippen LogP contribution is -2.21. The van der Waals surface area contributed by atoms with Crippen molar-refractivity contribution in [2.75, 3.05) is 0 Å². The fourth-order valence-corrected chi connectivity index (χ4v) is 1.57. The summed E-state index contributed by atoms with van der Waals surface area (Å²) >= 11 is 0. The average molecular weight is 178 g/mol. The van der Waals surface area contributed by atoms with Gasteiger partial charge in [0.15, 0.2) is 5.78 Å². The van der Waals surface area contributed by atoms with Crippen molar-refractivity contribution in [1.82, 2.24) is 0 Å². The van der Waals surface area contributed by atoms with Crippen LogP contribution >= 0.6 is 0 Å². The van der Waals surface area contributed by atoms with Gasteiger partial charge in [-0.3, -0.25) is 9.59 Å². The maximum atomic E-state index is 11.4. The van der Waals surface area contributed by atoms with Crippen LogP contribution in [0, 0.1) is 5.92 Å². The Hall–Kier alpha value is -1.18. The normalized spacial score (nSPS) is 23.4. The first kappa shape index (κ1) is 9.90. The predicted octanol–water partition coefficient (Wildman–Crippen LogP) is 2.06. The molecule has 1 unspecified atom stereocenters. The fraction of sp³-hybridized carbons (Fsp3) is 0.455. The molecule has 0 spiro atoms. The molecule has 1 rings (SSSR count). The van der Waals surface area contributed by atoms with Crippen molar-refractivity contribution < 1.29 is 9.59 Å². The van der Waals surface area contributed by atoms with Crippen molar-refractivity contribution >= 4 is 11.6 Å². The molecule has 0 aromatic rings. The first-order chi connectivity index (χ1) is 6.24. The van der Waals surface area contributed by atoms with Crippen LogP contribution in [-0.2, 0) is 9.59 Å². The molecule has 1 atom stereocenters. The number of hydrogen-bond acceptors (Lipinski definition) is 2. The van der Waals surface area contributed by atoms with E-state index in [1.807, 2.05) is 0 Å². The summed E-state index contributed by atoms with van der Waals surface area (Å²) in [6.07, 6.45) is 7.50. The van der Waals surface area contributed by atoms with Crippen molar-refractivity contribution in [2.45, 2.75) is 25.7 Å². The van der Waals surface area contributed by atoms with Crippen LogP contribution in [0.4, 0.5) is 0 Å². The van der Waals surface area contributed by atoms with Crippen LogP contribution in [0.3, 0.4) is 0 Å². The highest BCUT2D eigenvalue weighted by Gasteiger charge is 2.23. The number of allylic oxidation sites excluding steroid dienone is 3. The van der Waals surface area contributed by atoms with Crippen molar-refractivity contribution in [3.8, 4) is 0 Å². The van der Waals surface area contributed by atoms with E-state index < -0.39 is 0 Å². The highest BCUT2D eigenvalue weighted by molar-refractivity contribution is 5.95. The Morgan fingerprint density at radius 2 is 2.31 bits per heavy atom. The molecule has 70 valence electrons. The molecular weight excluding hydrogens is 164 g/mol. The zero-order valence-corrected chi connectivity index (χ0v) is 7.66. The standard InChI is InChI=1S/C11H14O2/c1-2-3-7-11(13)9-5-4-6-10(12)8-9/h2-3,7,9H,1,4-6,8H2/b7-3+. The van der Waals surface area contributed by atoms with Gasteiger partial charge in [0.2, 0.25) is 0 Å². The van der Waals surface area contributed by atoms with Crippen LogP contribution in [-0.4, -0.2) is 11.6 Å². The van der Waals surface area contributed by atoms with Crippen LogP contribution in [0.5, 0.6) is 0 Å². The van der Waals surface area contributed by atoms with Crippen molar-refractivity contribution in [3.63, 3.8) is 0 Å². The minimum absolute atomic E-state index is 0.0629. The maximum absolute atomic E-state index is 11.4. The summed E-state index contributed by atoms with van der Waals surface area (Å²) in [6.45, 7) is 3.49. The molecule has 1 aliphatic rings. The van der Waals surface area contributed by atoms with Crippen LogP contribution in [0.15, 0.2) is 24.8 Å². The first-order valence-corrected chi connectivity index (χ1v) is 4.58. The molecule has 1 saturated carbocycles. The second-order valence-corrected chi connectivity index (χ2v) is 3.33. The molecule has 0 radical (unpaired) electrons. The molecule has 13 heavy (non-hydrogen) atoms. The molecule has 1 fully saturated rings. The first-order valence-electron chi connectivity index (χ1n) is 4.58. The Labute approximate surface area is 78.3 Å². The number of carbonyl (C=O) groups is 2. The van der Waals surface area contributed by atoms with Gasteiger partial charge in [0, 0.05) is 18.8 Å². The third-order valence-electron chi connectivity index (χ3n) is 2.28. The van der Waals surface area contributed by atoms with Gasteiger partial charge in [-0.05, 0) is 18.9 Å². The topological polar surface area (TPSA) is 34.1 Å². The van der Waals surface area contributed by atoms with Gasteiger partial charge in [-0.15, -0.1) is 0 Å². The number of hydrogen-bond donors (Lipinski definition) is 0. The lowest BCUT2D eigenvalue weighted by Gasteiger charge is -2.17. The minimum Gasteiger partial charge on any atom is -0.300 e. The molecule has 0 saturated heterocycles. The summed E-state index contributed by atoms with van der Waals surface area (Å²) in [5.41, 5.74) is 0. The van der Waals surface area contributed by atoms with E-state index >= 15 is 0 Å². The Morgan fingerprint density at radius 1 is 1.54 bits per heavy atom. The summed E-state index contributed by atoms with van der Waals surface area (Å²) in [6, 6.07) is 0. The van der Waals surface area contributed by atoms with Gasteiger partial charge in [0.05, 0.1) is 0 Å². The Morgan fingerprint density at radius 3 is 2.92 bits per heavy atom. The van der Waals surface area contributed by atoms with E-state index in [0.717, 1.165) is 12.8 Å². The summed E-state index contributed by atoms with van der Waals surface area (Å²) in [4.78, 5) is 22.5. The third kappa shape index (κ3) is 2.98. The monoisotopic (exact) mass is 178 g/mol. The number of Topliss-reactive ketones (excluding diaryl/α,β-unsaturated/α-hetero) is 1. The van der Waals surface area contributed by atoms with Gasteiger partial charge in [-0.25, -0.2) is 0 Å². The number of rotatable bonds is 3. The van der Waals surface area contributed by atoms with Gasteiger partial charge in [-0.1, -0.05) is 18.7 Å². The number of carbonyl (C=O) groups excluding carboxylic acids is 2. The zero-order chi connectivity index (χ0) is 9.68. The van der Waals surface area contributed by atoms with Crippen LogP contribution in [0.2, 0.25) is 0 Å². The van der Waals surface area contributed by atoms with Gasteiger partial charge in [0.1, 0.15) is 5.78 Å². The SMILES string of the molecule is C=C/C=C/C(=O)C1CCCC(=O)C1. The van der Waals surface area contributed by atoms with Crippen molar-refractivity contribution in [1.29, 1.82) is 0 Å². The molecule has 0 aliphatic heterocycles. The van der Waals surface area contributed by atoms with Gasteiger partial charge in [0.25, 0.3) is 0 Å². The largest absolute Gasteiger partial charge is 0.300 e. The van der Waals surface area contributed by atoms with E-state index in [4.69, 9.17) is 0 Å². The highest BCUT2D eigenvalue weighted by Crippen LogP contribution is 2.22. The Bertz CT molecular complexity index is 251. The predicted molar refractivity (Wildman–Crippen MR) is 51.3 cm³/mol. The molecule has 2 nitrogen and oxygen atoms in total. The van der Waals surface area contributed by atoms with Crippen molar-refractivity contribution in [2.24, 2.45) is 5.92 Å². The smallest absolute Gasteiger partial charge is 0.159 e. The molecule has 0 heterocycles. The van der Waals surface area contributed by atoms with Crippen LogP contribution < -0.4 is 0 Å². The third-order valence-corrected chi connectivity index (χ3v) is 2.28. The summed E-state index contributed by atoms with van der Waals surface area (Å²) in [5, 5.41) is 0. The molecule has 0 bridgehead atoms. The summed E-state index contributed by atoms with van der Waals surface area (Å²) in [5.74, 6) is 0.210. The molecule has 0 N–H and O–H groups in total. The van der Waals surface area contributed by atoms with E-state index in [-0.39, 0.29) is 17.5 Å². The van der Waals surface area contributed by atoms with Gasteiger partial charge >= 0.3 is 0 Å². The second-order valence-electron chi connectivity index (χ2n) is 3.33. The lowest BCUT2D eigenvalue weighted by atomic mass is 9.85. The summed E-state index contributed by atoms with van der Waals surface area (Å²) < 4.78 is 0. The molecule has 0 amide bonds. The van der Waals surface area contributed by atoms with Crippen LogP contribution in [0.25, 0.3) is 0 Å². The Kier molecular flexibility index (Phi) is 3.62. The van der Waals surface area contributed by atoms with E-state index in [0.29, 0.717) is 12.8 Å². The zero-order valence-electron chi connectivity index (χ0n) is 7.66. The molecular formula is C11H14O2. The molecule has 2 heteroatoms. The summed E-state index contributed by atoms with van der Waals surface area (Å²) in [7, 11) is 0. The lowest BCUT2D eigenvalue weighted by molar-refractivity contribution is -0.127. The Balaban J connectivity index is 2.50. The molecule has 0 aromatic heterocycles. The molecule has 1 aliphatic carbocycles. The average Bonchev–Trinajstić information content (AvgIpc) is 2.14. The van der Waals surface area contributed by atoms with E-state index in [1.54, 1.807) is 12.2 Å². The fourth-order valence-electron chi connectivity index (χ4n) is 1.57. The molecule has 0 aromatic carbocycles. The van der Waals surface area contributed by atoms with E-state index in [1.165, 1.54) is 6.08 Å². The second kappa shape index (κ2) is 4.75. The highest BCUT2D eigenvalue weighted by atomic mass is 16.1. The van der Waals surface area contributed by atoms with Gasteiger partial charge in [-0.2, -0.15) is 0 Å². The van der Waals surface area contributed by atoms with E-state index in [9.17, 15) is 9.59 Å². The van der Waals surface area contributed by atoms with E-state index in [2.05, 4.69) is 6.58 Å².